The number of carboxylic acids is 1. The van der Waals surface area contributed by atoms with Crippen molar-refractivity contribution in [3.63, 3.8) is 0 Å². The molecule has 0 unspecified atom stereocenters. The summed E-state index contributed by atoms with van der Waals surface area (Å²) >= 11 is 1.46. The fourth-order valence-corrected chi connectivity index (χ4v) is 2.30. The van der Waals surface area contributed by atoms with E-state index in [9.17, 15) is 4.79 Å². The first kappa shape index (κ1) is 11.7. The predicted molar refractivity (Wildman–Crippen MR) is 66.5 cm³/mol. The highest BCUT2D eigenvalue weighted by atomic mass is 32.2. The number of carbonyl (C=O) groups is 1. The molecule has 1 N–H and O–H groups in total. The van der Waals surface area contributed by atoms with Gasteiger partial charge < -0.3 is 5.11 Å². The van der Waals surface area contributed by atoms with Crippen LogP contribution in [0.25, 0.3) is 0 Å². The van der Waals surface area contributed by atoms with E-state index >= 15 is 0 Å². The van der Waals surface area contributed by atoms with Gasteiger partial charge in [0, 0.05) is 10.6 Å². The van der Waals surface area contributed by atoms with Crippen molar-refractivity contribution in [1.82, 2.24) is 4.98 Å². The van der Waals surface area contributed by atoms with E-state index in [4.69, 9.17) is 5.11 Å². The number of pyridine rings is 1. The third kappa shape index (κ3) is 3.07. The van der Waals surface area contributed by atoms with E-state index in [1.54, 1.807) is 18.2 Å². The van der Waals surface area contributed by atoms with Crippen LogP contribution in [0.5, 0.6) is 0 Å². The third-order valence-electron chi connectivity index (χ3n) is 2.17. The van der Waals surface area contributed by atoms with Crippen molar-refractivity contribution < 1.29 is 9.90 Å². The largest absolute Gasteiger partial charge is 0.478 e. The lowest BCUT2D eigenvalue weighted by Crippen LogP contribution is -1.95. The average molecular weight is 245 g/mol. The molecule has 0 radical (unpaired) electrons. The Bertz CT molecular complexity index is 555. The van der Waals surface area contributed by atoms with E-state index < -0.39 is 5.97 Å². The quantitative estimate of drug-likeness (QED) is 0.901. The SMILES string of the molecule is Cc1cccc(Sc2cccc(C(=O)O)c2)n1. The number of aromatic nitrogens is 1. The van der Waals surface area contributed by atoms with Crippen molar-refractivity contribution in [2.24, 2.45) is 0 Å². The van der Waals surface area contributed by atoms with Crippen molar-refractivity contribution in [3.8, 4) is 0 Å². The summed E-state index contributed by atoms with van der Waals surface area (Å²) in [5.41, 5.74) is 1.24. The molecule has 4 heteroatoms. The monoisotopic (exact) mass is 245 g/mol. The lowest BCUT2D eigenvalue weighted by molar-refractivity contribution is 0.0696. The van der Waals surface area contributed by atoms with E-state index in [1.807, 2.05) is 31.2 Å². The molecule has 0 fully saturated rings. The highest BCUT2D eigenvalue weighted by Crippen LogP contribution is 2.26. The minimum absolute atomic E-state index is 0.294. The Labute approximate surface area is 104 Å². The molecule has 0 atom stereocenters. The van der Waals surface area contributed by atoms with Crippen molar-refractivity contribution in [1.29, 1.82) is 0 Å². The highest BCUT2D eigenvalue weighted by Gasteiger charge is 2.04. The van der Waals surface area contributed by atoms with Crippen LogP contribution in [0.15, 0.2) is 52.4 Å². The molecule has 1 heterocycles. The zero-order chi connectivity index (χ0) is 12.3. The van der Waals surface area contributed by atoms with Crippen LogP contribution >= 0.6 is 11.8 Å². The van der Waals surface area contributed by atoms with Gasteiger partial charge in [0.1, 0.15) is 5.03 Å². The Morgan fingerprint density at radius 2 is 2.00 bits per heavy atom. The Kier molecular flexibility index (Phi) is 3.44. The van der Waals surface area contributed by atoms with Crippen LogP contribution in [0.3, 0.4) is 0 Å². The maximum Gasteiger partial charge on any atom is 0.335 e. The van der Waals surface area contributed by atoms with Crippen LogP contribution in [-0.2, 0) is 0 Å². The highest BCUT2D eigenvalue weighted by molar-refractivity contribution is 7.99. The standard InChI is InChI=1S/C13H11NO2S/c1-9-4-2-7-12(14-9)17-11-6-3-5-10(8-11)13(15)16/h2-8H,1H3,(H,15,16). The van der Waals surface area contributed by atoms with Crippen LogP contribution < -0.4 is 0 Å². The molecule has 1 aromatic carbocycles. The molecule has 3 nitrogen and oxygen atoms in total. The molecule has 0 aliphatic heterocycles. The van der Waals surface area contributed by atoms with Gasteiger partial charge in [0.05, 0.1) is 5.56 Å². The van der Waals surface area contributed by atoms with Gasteiger partial charge in [0.2, 0.25) is 0 Å². The van der Waals surface area contributed by atoms with Crippen molar-refractivity contribution in [2.45, 2.75) is 16.8 Å². The first-order valence-corrected chi connectivity index (χ1v) is 5.92. The van der Waals surface area contributed by atoms with E-state index in [2.05, 4.69) is 4.98 Å². The molecule has 0 bridgehead atoms. The second-order valence-corrected chi connectivity index (χ2v) is 4.65. The van der Waals surface area contributed by atoms with E-state index in [0.29, 0.717) is 5.56 Å². The van der Waals surface area contributed by atoms with Crippen LogP contribution in [-0.4, -0.2) is 16.1 Å². The summed E-state index contributed by atoms with van der Waals surface area (Å²) in [6.07, 6.45) is 0. The smallest absolute Gasteiger partial charge is 0.335 e. The Hall–Kier alpha value is -1.81. The predicted octanol–water partition coefficient (Wildman–Crippen LogP) is 3.24. The van der Waals surface area contributed by atoms with Gasteiger partial charge in [-0.25, -0.2) is 9.78 Å². The minimum atomic E-state index is -0.912. The number of benzene rings is 1. The zero-order valence-electron chi connectivity index (χ0n) is 9.25. The Morgan fingerprint density at radius 3 is 2.71 bits per heavy atom. The summed E-state index contributed by atoms with van der Waals surface area (Å²) in [7, 11) is 0. The minimum Gasteiger partial charge on any atom is -0.478 e. The van der Waals surface area contributed by atoms with Gasteiger partial charge in [0.15, 0.2) is 0 Å². The van der Waals surface area contributed by atoms with E-state index in [0.717, 1.165) is 15.6 Å². The molecule has 0 spiro atoms. The number of aryl methyl sites for hydroxylation is 1. The third-order valence-corrected chi connectivity index (χ3v) is 3.09. The molecule has 2 rings (SSSR count). The second-order valence-electron chi connectivity index (χ2n) is 3.55. The summed E-state index contributed by atoms with van der Waals surface area (Å²) in [6, 6.07) is 12.6. The lowest BCUT2D eigenvalue weighted by atomic mass is 10.2. The van der Waals surface area contributed by atoms with E-state index in [1.165, 1.54) is 11.8 Å². The van der Waals surface area contributed by atoms with Crippen molar-refractivity contribution >= 4 is 17.7 Å². The molecule has 0 saturated carbocycles. The first-order chi connectivity index (χ1) is 8.15. The summed E-state index contributed by atoms with van der Waals surface area (Å²) in [4.78, 5) is 16.1. The summed E-state index contributed by atoms with van der Waals surface area (Å²) < 4.78 is 0. The number of rotatable bonds is 3. The maximum atomic E-state index is 10.8. The Balaban J connectivity index is 2.24. The van der Waals surface area contributed by atoms with Gasteiger partial charge in [-0.05, 0) is 37.3 Å². The fraction of sp³-hybridized carbons (Fsp3) is 0.0769. The van der Waals surface area contributed by atoms with Gasteiger partial charge in [-0.2, -0.15) is 0 Å². The number of aromatic carboxylic acids is 1. The molecule has 0 aliphatic carbocycles. The fourth-order valence-electron chi connectivity index (χ4n) is 1.39. The molecule has 17 heavy (non-hydrogen) atoms. The van der Waals surface area contributed by atoms with Gasteiger partial charge in [0.25, 0.3) is 0 Å². The van der Waals surface area contributed by atoms with Crippen LogP contribution in [0.1, 0.15) is 16.1 Å². The zero-order valence-corrected chi connectivity index (χ0v) is 10.1. The molecular weight excluding hydrogens is 234 g/mol. The molecule has 1 aromatic heterocycles. The summed E-state index contributed by atoms with van der Waals surface area (Å²) in [5.74, 6) is -0.912. The normalized spacial score (nSPS) is 10.2. The van der Waals surface area contributed by atoms with Crippen LogP contribution in [0.4, 0.5) is 0 Å². The second kappa shape index (κ2) is 5.01. The summed E-state index contributed by atoms with van der Waals surface area (Å²) in [5, 5.41) is 9.76. The number of nitrogens with zero attached hydrogens (tertiary/aromatic N) is 1. The maximum absolute atomic E-state index is 10.8. The van der Waals surface area contributed by atoms with Gasteiger partial charge in [-0.15, -0.1) is 0 Å². The molecule has 0 amide bonds. The molecule has 2 aromatic rings. The van der Waals surface area contributed by atoms with Gasteiger partial charge in [-0.1, -0.05) is 23.9 Å². The molecule has 86 valence electrons. The number of hydrogen-bond acceptors (Lipinski definition) is 3. The first-order valence-electron chi connectivity index (χ1n) is 5.10. The molecular formula is C13H11NO2S. The lowest BCUT2D eigenvalue weighted by Gasteiger charge is -2.02. The number of hydrogen-bond donors (Lipinski definition) is 1. The average Bonchev–Trinajstić information content (AvgIpc) is 2.29. The van der Waals surface area contributed by atoms with E-state index in [-0.39, 0.29) is 0 Å². The molecule has 0 saturated heterocycles. The van der Waals surface area contributed by atoms with Crippen LogP contribution in [0.2, 0.25) is 0 Å². The Morgan fingerprint density at radius 1 is 1.24 bits per heavy atom. The van der Waals surface area contributed by atoms with Crippen LogP contribution in [0, 0.1) is 6.92 Å². The van der Waals surface area contributed by atoms with Gasteiger partial charge >= 0.3 is 5.97 Å². The topological polar surface area (TPSA) is 50.2 Å². The summed E-state index contributed by atoms with van der Waals surface area (Å²) in [6.45, 7) is 1.93. The number of carboxylic acid groups (broad SMARTS) is 1. The van der Waals surface area contributed by atoms with Gasteiger partial charge in [-0.3, -0.25) is 0 Å². The van der Waals surface area contributed by atoms with Crippen molar-refractivity contribution in [3.05, 3.63) is 53.7 Å². The van der Waals surface area contributed by atoms with Crippen molar-refractivity contribution in [2.75, 3.05) is 0 Å². The molecule has 0 aliphatic rings.